The smallest absolute Gasteiger partial charge is 0.141 e. The van der Waals surface area contributed by atoms with Crippen LogP contribution in [-0.2, 0) is 6.54 Å². The molecule has 0 spiro atoms. The second-order valence-electron chi connectivity index (χ2n) is 5.17. The molecular weight excluding hydrogens is 269 g/mol. The zero-order valence-corrected chi connectivity index (χ0v) is 11.7. The van der Waals surface area contributed by atoms with Gasteiger partial charge in [0.25, 0.3) is 0 Å². The van der Waals surface area contributed by atoms with E-state index in [2.05, 4.69) is 19.8 Å². The topological polar surface area (TPSA) is 58.3 Å². The predicted molar refractivity (Wildman–Crippen MR) is 80.3 cm³/mol. The first-order chi connectivity index (χ1) is 10.2. The number of halogens is 1. The number of nitrogens with two attached hydrogens (primary N) is 1. The Morgan fingerprint density at radius 3 is 2.33 bits per heavy atom. The van der Waals surface area contributed by atoms with E-state index in [9.17, 15) is 4.39 Å². The Kier molecular flexibility index (Phi) is 3.96. The third-order valence-corrected chi connectivity index (χ3v) is 3.67. The van der Waals surface area contributed by atoms with Gasteiger partial charge in [0.2, 0.25) is 0 Å². The second kappa shape index (κ2) is 6.05. The van der Waals surface area contributed by atoms with E-state index >= 15 is 0 Å². The van der Waals surface area contributed by atoms with Gasteiger partial charge in [-0.1, -0.05) is 0 Å². The van der Waals surface area contributed by atoms with Crippen LogP contribution in [0, 0.1) is 5.82 Å². The molecule has 1 fully saturated rings. The second-order valence-corrected chi connectivity index (χ2v) is 5.17. The van der Waals surface area contributed by atoms with Crippen LogP contribution in [0.2, 0.25) is 0 Å². The van der Waals surface area contributed by atoms with Crippen LogP contribution in [0.15, 0.2) is 36.7 Å². The molecule has 2 aromatic rings. The lowest BCUT2D eigenvalue weighted by atomic mass is 10.2. The van der Waals surface area contributed by atoms with Gasteiger partial charge in [0, 0.05) is 38.4 Å². The summed E-state index contributed by atoms with van der Waals surface area (Å²) < 4.78 is 12.9. The van der Waals surface area contributed by atoms with Crippen LogP contribution in [0.5, 0.6) is 0 Å². The summed E-state index contributed by atoms with van der Waals surface area (Å²) in [5.74, 6) is 0.249. The molecule has 1 aromatic carbocycles. The van der Waals surface area contributed by atoms with Crippen molar-refractivity contribution in [1.82, 2.24) is 14.9 Å². The Balaban J connectivity index is 1.55. The van der Waals surface area contributed by atoms with Gasteiger partial charge in [0.05, 0.1) is 18.1 Å². The van der Waals surface area contributed by atoms with E-state index in [1.54, 1.807) is 12.4 Å². The zero-order chi connectivity index (χ0) is 14.7. The number of hydrogen-bond donors (Lipinski definition) is 1. The van der Waals surface area contributed by atoms with Crippen LogP contribution in [0.4, 0.5) is 15.9 Å². The van der Waals surface area contributed by atoms with Gasteiger partial charge in [0.1, 0.15) is 11.6 Å². The third-order valence-electron chi connectivity index (χ3n) is 3.67. The number of nitrogen functional groups attached to an aromatic ring is 1. The number of aromatic nitrogens is 2. The molecule has 2 heterocycles. The number of rotatable bonds is 3. The fourth-order valence-electron chi connectivity index (χ4n) is 2.49. The van der Waals surface area contributed by atoms with E-state index in [-0.39, 0.29) is 5.82 Å². The number of anilines is 2. The van der Waals surface area contributed by atoms with Crippen LogP contribution in [0.25, 0.3) is 0 Å². The molecule has 0 aliphatic carbocycles. The maximum Gasteiger partial charge on any atom is 0.141 e. The summed E-state index contributed by atoms with van der Waals surface area (Å²) >= 11 is 0. The number of piperazine rings is 1. The van der Waals surface area contributed by atoms with E-state index in [1.165, 1.54) is 12.1 Å². The Morgan fingerprint density at radius 2 is 1.71 bits per heavy atom. The average Bonchev–Trinajstić information content (AvgIpc) is 2.51. The van der Waals surface area contributed by atoms with E-state index in [1.807, 2.05) is 12.1 Å². The normalized spacial score (nSPS) is 16.1. The van der Waals surface area contributed by atoms with Gasteiger partial charge in [-0.2, -0.15) is 0 Å². The van der Waals surface area contributed by atoms with Crippen molar-refractivity contribution in [3.8, 4) is 0 Å². The van der Waals surface area contributed by atoms with Crippen LogP contribution < -0.4 is 10.6 Å². The highest BCUT2D eigenvalue weighted by molar-refractivity contribution is 5.46. The summed E-state index contributed by atoms with van der Waals surface area (Å²) in [5, 5.41) is 0. The van der Waals surface area contributed by atoms with E-state index in [0.29, 0.717) is 5.82 Å². The van der Waals surface area contributed by atoms with Crippen molar-refractivity contribution >= 4 is 11.5 Å². The van der Waals surface area contributed by atoms with Gasteiger partial charge in [-0.3, -0.25) is 9.88 Å². The summed E-state index contributed by atoms with van der Waals surface area (Å²) in [7, 11) is 0. The molecule has 1 saturated heterocycles. The average molecular weight is 287 g/mol. The number of benzene rings is 1. The molecule has 0 atom stereocenters. The van der Waals surface area contributed by atoms with Gasteiger partial charge in [-0.05, 0) is 24.3 Å². The molecule has 6 heteroatoms. The summed E-state index contributed by atoms with van der Waals surface area (Å²) in [5.41, 5.74) is 7.54. The summed E-state index contributed by atoms with van der Waals surface area (Å²) in [6.45, 7) is 4.53. The van der Waals surface area contributed by atoms with Gasteiger partial charge in [0.15, 0.2) is 0 Å². The molecule has 5 nitrogen and oxygen atoms in total. The SMILES string of the molecule is Nc1cnc(CN2CCN(c3ccc(F)cc3)CC2)cn1. The molecule has 0 amide bonds. The molecule has 0 radical (unpaired) electrons. The first-order valence-electron chi connectivity index (χ1n) is 7.00. The molecular formula is C15H18FN5. The zero-order valence-electron chi connectivity index (χ0n) is 11.7. The van der Waals surface area contributed by atoms with Crippen molar-refractivity contribution in [2.45, 2.75) is 6.54 Å². The predicted octanol–water partition coefficient (Wildman–Crippen LogP) is 1.52. The molecule has 0 saturated carbocycles. The van der Waals surface area contributed by atoms with E-state index in [0.717, 1.165) is 44.1 Å². The molecule has 3 rings (SSSR count). The van der Waals surface area contributed by atoms with Crippen molar-refractivity contribution in [2.75, 3.05) is 36.8 Å². The van der Waals surface area contributed by atoms with Crippen LogP contribution in [0.3, 0.4) is 0 Å². The van der Waals surface area contributed by atoms with Gasteiger partial charge in [-0.25, -0.2) is 9.37 Å². The van der Waals surface area contributed by atoms with Crippen LogP contribution >= 0.6 is 0 Å². The van der Waals surface area contributed by atoms with Gasteiger partial charge in [-0.15, -0.1) is 0 Å². The first-order valence-corrected chi connectivity index (χ1v) is 7.00. The lowest BCUT2D eigenvalue weighted by Crippen LogP contribution is -2.46. The molecule has 1 aromatic heterocycles. The van der Waals surface area contributed by atoms with Crippen molar-refractivity contribution < 1.29 is 4.39 Å². The minimum atomic E-state index is -0.195. The maximum atomic E-state index is 12.9. The van der Waals surface area contributed by atoms with E-state index in [4.69, 9.17) is 5.73 Å². The third kappa shape index (κ3) is 3.46. The highest BCUT2D eigenvalue weighted by Crippen LogP contribution is 2.17. The maximum absolute atomic E-state index is 12.9. The number of nitrogens with zero attached hydrogens (tertiary/aromatic N) is 4. The monoisotopic (exact) mass is 287 g/mol. The molecule has 1 aliphatic rings. The fourth-order valence-corrected chi connectivity index (χ4v) is 2.49. The molecule has 2 N–H and O–H groups in total. The van der Waals surface area contributed by atoms with Crippen molar-refractivity contribution in [1.29, 1.82) is 0 Å². The lowest BCUT2D eigenvalue weighted by Gasteiger charge is -2.35. The van der Waals surface area contributed by atoms with Crippen molar-refractivity contribution in [2.24, 2.45) is 0 Å². The molecule has 1 aliphatic heterocycles. The Hall–Kier alpha value is -2.21. The highest BCUT2D eigenvalue weighted by atomic mass is 19.1. The largest absolute Gasteiger partial charge is 0.382 e. The molecule has 110 valence electrons. The Morgan fingerprint density at radius 1 is 1.00 bits per heavy atom. The van der Waals surface area contributed by atoms with Crippen molar-refractivity contribution in [3.63, 3.8) is 0 Å². The van der Waals surface area contributed by atoms with Crippen LogP contribution in [-0.4, -0.2) is 41.0 Å². The summed E-state index contributed by atoms with van der Waals surface area (Å²) in [6, 6.07) is 6.67. The first kappa shape index (κ1) is 13.8. The summed E-state index contributed by atoms with van der Waals surface area (Å²) in [4.78, 5) is 12.9. The fraction of sp³-hybridized carbons (Fsp3) is 0.333. The van der Waals surface area contributed by atoms with Crippen LogP contribution in [0.1, 0.15) is 5.69 Å². The standard InChI is InChI=1S/C15H18FN5/c16-12-1-3-14(4-2-12)21-7-5-20(6-8-21)11-13-9-19-15(17)10-18-13/h1-4,9-10H,5-8,11H2,(H2,17,19). The molecule has 21 heavy (non-hydrogen) atoms. The van der Waals surface area contributed by atoms with Crippen molar-refractivity contribution in [3.05, 3.63) is 48.2 Å². The quantitative estimate of drug-likeness (QED) is 0.927. The van der Waals surface area contributed by atoms with Gasteiger partial charge < -0.3 is 10.6 Å². The minimum Gasteiger partial charge on any atom is -0.382 e. The molecule has 0 bridgehead atoms. The Labute approximate surface area is 123 Å². The highest BCUT2D eigenvalue weighted by Gasteiger charge is 2.17. The Bertz CT molecular complexity index is 576. The van der Waals surface area contributed by atoms with Gasteiger partial charge >= 0.3 is 0 Å². The summed E-state index contributed by atoms with van der Waals surface area (Å²) in [6.07, 6.45) is 3.31. The minimum absolute atomic E-state index is 0.195. The van der Waals surface area contributed by atoms with E-state index < -0.39 is 0 Å². The molecule has 0 unspecified atom stereocenters. The number of hydrogen-bond acceptors (Lipinski definition) is 5. The lowest BCUT2D eigenvalue weighted by molar-refractivity contribution is 0.247.